The van der Waals surface area contributed by atoms with Crippen molar-refractivity contribution in [2.45, 2.75) is 19.9 Å². The van der Waals surface area contributed by atoms with Crippen molar-refractivity contribution in [2.24, 2.45) is 0 Å². The van der Waals surface area contributed by atoms with Crippen molar-refractivity contribution in [3.8, 4) is 11.1 Å². The number of aromatic nitrogens is 3. The number of hydrogen-bond donors (Lipinski definition) is 2. The van der Waals surface area contributed by atoms with Gasteiger partial charge in [-0.2, -0.15) is 0 Å². The van der Waals surface area contributed by atoms with E-state index in [9.17, 15) is 9.18 Å². The molecule has 2 N–H and O–H groups in total. The molecule has 0 radical (unpaired) electrons. The summed E-state index contributed by atoms with van der Waals surface area (Å²) in [6.45, 7) is 3.92. The Morgan fingerprint density at radius 3 is 2.58 bits per heavy atom. The first-order valence-corrected chi connectivity index (χ1v) is 8.14. The second-order valence-corrected chi connectivity index (χ2v) is 5.95. The Balaban J connectivity index is 1.85. The molecule has 0 aliphatic carbocycles. The molecule has 7 heteroatoms. The molecule has 26 heavy (non-hydrogen) atoms. The summed E-state index contributed by atoms with van der Waals surface area (Å²) in [6.07, 6.45) is 4.69. The minimum atomic E-state index is -0.379. The second kappa shape index (κ2) is 7.69. The maximum absolute atomic E-state index is 13.2. The average Bonchev–Trinajstić information content (AvgIpc) is 2.63. The summed E-state index contributed by atoms with van der Waals surface area (Å²) < 4.78 is 13.2. The molecule has 0 aliphatic rings. The Morgan fingerprint density at radius 1 is 1.08 bits per heavy atom. The van der Waals surface area contributed by atoms with E-state index in [1.807, 2.05) is 13.8 Å². The van der Waals surface area contributed by atoms with E-state index >= 15 is 0 Å². The van der Waals surface area contributed by atoms with Crippen LogP contribution in [0, 0.1) is 5.82 Å². The van der Waals surface area contributed by atoms with Crippen LogP contribution in [0.4, 0.5) is 16.0 Å². The molecular formula is C19H18FN5O. The fourth-order valence-corrected chi connectivity index (χ4v) is 2.37. The fourth-order valence-electron chi connectivity index (χ4n) is 2.37. The number of amides is 1. The molecule has 3 rings (SSSR count). The van der Waals surface area contributed by atoms with Gasteiger partial charge in [0.05, 0.1) is 11.9 Å². The smallest absolute Gasteiger partial charge is 0.274 e. The number of rotatable bonds is 5. The third-order valence-electron chi connectivity index (χ3n) is 3.53. The van der Waals surface area contributed by atoms with E-state index in [0.717, 1.165) is 11.1 Å². The molecule has 0 unspecified atom stereocenters. The molecule has 0 atom stereocenters. The molecule has 0 aliphatic heterocycles. The van der Waals surface area contributed by atoms with Crippen LogP contribution in [0.3, 0.4) is 0 Å². The monoisotopic (exact) mass is 351 g/mol. The number of pyridine rings is 1. The summed E-state index contributed by atoms with van der Waals surface area (Å²) in [6, 6.07) is 9.48. The first-order chi connectivity index (χ1) is 12.5. The predicted octanol–water partition coefficient (Wildman–Crippen LogP) is 3.75. The van der Waals surface area contributed by atoms with Crippen LogP contribution in [-0.4, -0.2) is 26.9 Å². The van der Waals surface area contributed by atoms with Gasteiger partial charge in [0.2, 0.25) is 5.95 Å². The van der Waals surface area contributed by atoms with E-state index in [1.165, 1.54) is 24.4 Å². The van der Waals surface area contributed by atoms with E-state index in [2.05, 4.69) is 25.6 Å². The predicted molar refractivity (Wildman–Crippen MR) is 98.4 cm³/mol. The lowest BCUT2D eigenvalue weighted by Crippen LogP contribution is -2.18. The molecule has 0 spiro atoms. The highest BCUT2D eigenvalue weighted by Gasteiger charge is 2.13. The van der Waals surface area contributed by atoms with Gasteiger partial charge in [-0.1, -0.05) is 12.1 Å². The SMILES string of the molecule is CC(C)Nc1nccc(C(=O)Nc2cnccc2-c2ccc(F)cc2)n1. The van der Waals surface area contributed by atoms with Crippen LogP contribution < -0.4 is 10.6 Å². The number of halogens is 1. The van der Waals surface area contributed by atoms with Gasteiger partial charge in [-0.05, 0) is 43.7 Å². The molecule has 132 valence electrons. The van der Waals surface area contributed by atoms with Gasteiger partial charge in [-0.15, -0.1) is 0 Å². The van der Waals surface area contributed by atoms with Crippen molar-refractivity contribution in [1.29, 1.82) is 0 Å². The lowest BCUT2D eigenvalue weighted by atomic mass is 10.1. The number of nitrogens with zero attached hydrogens (tertiary/aromatic N) is 3. The third kappa shape index (κ3) is 4.18. The van der Waals surface area contributed by atoms with Gasteiger partial charge in [0.1, 0.15) is 11.5 Å². The molecule has 0 saturated carbocycles. The molecule has 1 aromatic carbocycles. The summed E-state index contributed by atoms with van der Waals surface area (Å²) >= 11 is 0. The first kappa shape index (κ1) is 17.5. The topological polar surface area (TPSA) is 79.8 Å². The Labute approximate surface area is 150 Å². The van der Waals surface area contributed by atoms with Crippen LogP contribution in [0.2, 0.25) is 0 Å². The van der Waals surface area contributed by atoms with Gasteiger partial charge in [0.25, 0.3) is 5.91 Å². The van der Waals surface area contributed by atoms with Crippen LogP contribution >= 0.6 is 0 Å². The number of benzene rings is 1. The van der Waals surface area contributed by atoms with E-state index in [4.69, 9.17) is 0 Å². The second-order valence-electron chi connectivity index (χ2n) is 5.95. The fraction of sp³-hybridized carbons (Fsp3) is 0.158. The highest BCUT2D eigenvalue weighted by atomic mass is 19.1. The van der Waals surface area contributed by atoms with E-state index < -0.39 is 0 Å². The molecule has 0 bridgehead atoms. The van der Waals surface area contributed by atoms with Crippen molar-refractivity contribution in [3.05, 3.63) is 66.5 Å². The summed E-state index contributed by atoms with van der Waals surface area (Å²) in [5, 5.41) is 5.86. The molecule has 2 heterocycles. The van der Waals surface area contributed by atoms with Crippen molar-refractivity contribution in [1.82, 2.24) is 15.0 Å². The number of carbonyl (C=O) groups is 1. The lowest BCUT2D eigenvalue weighted by molar-refractivity contribution is 0.102. The zero-order chi connectivity index (χ0) is 18.5. The molecule has 6 nitrogen and oxygen atoms in total. The summed E-state index contributed by atoms with van der Waals surface area (Å²) in [5.74, 6) is -0.312. The van der Waals surface area contributed by atoms with Gasteiger partial charge in [0, 0.05) is 24.0 Å². The summed E-state index contributed by atoms with van der Waals surface area (Å²) in [4.78, 5) is 24.9. The maximum Gasteiger partial charge on any atom is 0.274 e. The average molecular weight is 351 g/mol. The van der Waals surface area contributed by atoms with Crippen LogP contribution in [0.15, 0.2) is 55.0 Å². The van der Waals surface area contributed by atoms with Gasteiger partial charge < -0.3 is 10.6 Å². The Hall–Kier alpha value is -3.35. The highest BCUT2D eigenvalue weighted by molar-refractivity contribution is 6.05. The van der Waals surface area contributed by atoms with Gasteiger partial charge in [-0.3, -0.25) is 9.78 Å². The third-order valence-corrected chi connectivity index (χ3v) is 3.53. The number of nitrogens with one attached hydrogen (secondary N) is 2. The van der Waals surface area contributed by atoms with Gasteiger partial charge >= 0.3 is 0 Å². The van der Waals surface area contributed by atoms with Gasteiger partial charge in [0.15, 0.2) is 0 Å². The Kier molecular flexibility index (Phi) is 5.17. The van der Waals surface area contributed by atoms with Crippen molar-refractivity contribution in [2.75, 3.05) is 10.6 Å². The Bertz CT molecular complexity index is 912. The normalized spacial score (nSPS) is 10.6. The quantitative estimate of drug-likeness (QED) is 0.732. The number of hydrogen-bond acceptors (Lipinski definition) is 5. The zero-order valence-corrected chi connectivity index (χ0v) is 14.4. The van der Waals surface area contributed by atoms with Crippen molar-refractivity contribution in [3.63, 3.8) is 0 Å². The minimum Gasteiger partial charge on any atom is -0.352 e. The standard InChI is InChI=1S/C19H18FN5O/c1-12(2)23-19-22-10-8-16(25-19)18(26)24-17-11-21-9-7-15(17)13-3-5-14(20)6-4-13/h3-12H,1-2H3,(H,24,26)(H,22,23,25). The first-order valence-electron chi connectivity index (χ1n) is 8.14. The molecular weight excluding hydrogens is 333 g/mol. The zero-order valence-electron chi connectivity index (χ0n) is 14.4. The largest absolute Gasteiger partial charge is 0.352 e. The molecule has 2 aromatic heterocycles. The van der Waals surface area contributed by atoms with E-state index in [0.29, 0.717) is 11.6 Å². The molecule has 0 fully saturated rings. The molecule has 3 aromatic rings. The maximum atomic E-state index is 13.2. The summed E-state index contributed by atoms with van der Waals surface area (Å²) in [7, 11) is 0. The van der Waals surface area contributed by atoms with Crippen molar-refractivity contribution >= 4 is 17.5 Å². The highest BCUT2D eigenvalue weighted by Crippen LogP contribution is 2.27. The van der Waals surface area contributed by atoms with Crippen LogP contribution in [0.25, 0.3) is 11.1 Å². The Morgan fingerprint density at radius 2 is 1.85 bits per heavy atom. The van der Waals surface area contributed by atoms with Gasteiger partial charge in [-0.25, -0.2) is 14.4 Å². The lowest BCUT2D eigenvalue weighted by Gasteiger charge is -2.12. The summed E-state index contributed by atoms with van der Waals surface area (Å²) in [5.41, 5.74) is 2.26. The molecule has 1 amide bonds. The van der Waals surface area contributed by atoms with Crippen molar-refractivity contribution < 1.29 is 9.18 Å². The molecule has 0 saturated heterocycles. The van der Waals surface area contributed by atoms with E-state index in [-0.39, 0.29) is 23.5 Å². The minimum absolute atomic E-state index is 0.150. The van der Waals surface area contributed by atoms with Crippen LogP contribution in [0.1, 0.15) is 24.3 Å². The van der Waals surface area contributed by atoms with E-state index in [1.54, 1.807) is 30.6 Å². The van der Waals surface area contributed by atoms with Crippen LogP contribution in [0.5, 0.6) is 0 Å². The number of anilines is 2. The number of carbonyl (C=O) groups excluding carboxylic acids is 1. The van der Waals surface area contributed by atoms with Crippen LogP contribution in [-0.2, 0) is 0 Å².